The number of ether oxygens (including phenoxy) is 2. The topological polar surface area (TPSA) is 120 Å². The summed E-state index contributed by atoms with van der Waals surface area (Å²) in [5.74, 6) is 1.04. The third kappa shape index (κ3) is 10.6. The largest absolute Gasteiger partial charge is 0.496 e. The van der Waals surface area contributed by atoms with Crippen LogP contribution in [0.4, 0.5) is 11.5 Å². The van der Waals surface area contributed by atoms with Crippen molar-refractivity contribution in [2.24, 2.45) is 0 Å². The minimum Gasteiger partial charge on any atom is -0.496 e. The first kappa shape index (κ1) is 42.4. The molecule has 2 aliphatic heterocycles. The Morgan fingerprint density at radius 2 is 1.66 bits per heavy atom. The van der Waals surface area contributed by atoms with E-state index in [4.69, 9.17) is 14.5 Å². The molecule has 0 atom stereocenters. The second-order valence-corrected chi connectivity index (χ2v) is 15.0. The van der Waals surface area contributed by atoms with Crippen LogP contribution in [0.15, 0.2) is 73.3 Å². The third-order valence-corrected chi connectivity index (χ3v) is 11.2. The standard InChI is InChI=1S/C47H61N7O4/c1-6-40-44(51-39-19-25-58-26-20-39)41(42(7-2)52-45(40)54(8-3)9-4)31-50-47(56)37-16-11-15-36(29-37)46(55)49-30-38-28-35(17-18-43(38)57-5)34-14-10-13-33(27-34)32-53-23-12-21-48-22-24-53/h6,10-11,13-18,27-29,39,48H,1,7-9,12,19-26,30-32H2,2-5H3,(H,49,55)(H,50,56)(H,51,52). The first-order chi connectivity index (χ1) is 28.3. The van der Waals surface area contributed by atoms with E-state index in [1.165, 1.54) is 5.56 Å². The molecule has 2 fully saturated rings. The quantitative estimate of drug-likeness (QED) is 0.0893. The number of nitrogens with zero attached hydrogens (tertiary/aromatic N) is 3. The highest BCUT2D eigenvalue weighted by atomic mass is 16.5. The van der Waals surface area contributed by atoms with Crippen molar-refractivity contribution in [3.63, 3.8) is 0 Å². The molecule has 0 radical (unpaired) electrons. The maximum atomic E-state index is 13.8. The number of hydrogen-bond acceptors (Lipinski definition) is 9. The minimum absolute atomic E-state index is 0.236. The number of pyridine rings is 1. The molecule has 11 nitrogen and oxygen atoms in total. The normalized spacial score (nSPS) is 15.0. The van der Waals surface area contributed by atoms with Gasteiger partial charge in [0, 0.05) is 98.6 Å². The molecule has 0 spiro atoms. The lowest BCUT2D eigenvalue weighted by molar-refractivity contribution is 0.0904. The molecule has 2 amide bonds. The lowest BCUT2D eigenvalue weighted by Crippen LogP contribution is -2.32. The van der Waals surface area contributed by atoms with E-state index in [9.17, 15) is 9.59 Å². The van der Waals surface area contributed by atoms with Gasteiger partial charge in [0.2, 0.25) is 0 Å². The van der Waals surface area contributed by atoms with Crippen LogP contribution in [0.3, 0.4) is 0 Å². The lowest BCUT2D eigenvalue weighted by Gasteiger charge is -2.30. The van der Waals surface area contributed by atoms with Gasteiger partial charge in [-0.1, -0.05) is 49.9 Å². The van der Waals surface area contributed by atoms with Crippen molar-refractivity contribution in [1.29, 1.82) is 0 Å². The average Bonchev–Trinajstić information content (AvgIpc) is 3.54. The fourth-order valence-electron chi connectivity index (χ4n) is 7.94. The number of rotatable bonds is 17. The summed E-state index contributed by atoms with van der Waals surface area (Å²) in [4.78, 5) is 37.2. The highest BCUT2D eigenvalue weighted by molar-refractivity contribution is 5.99. The molecule has 3 heterocycles. The second kappa shape index (κ2) is 21.0. The summed E-state index contributed by atoms with van der Waals surface area (Å²) in [5.41, 5.74) is 8.88. The van der Waals surface area contributed by atoms with Crippen LogP contribution < -0.4 is 30.9 Å². The molecule has 4 N–H and O–H groups in total. The molecule has 1 aromatic heterocycles. The zero-order valence-electron chi connectivity index (χ0n) is 34.8. The van der Waals surface area contributed by atoms with Gasteiger partial charge in [0.05, 0.1) is 12.8 Å². The predicted molar refractivity (Wildman–Crippen MR) is 235 cm³/mol. The molecule has 0 bridgehead atoms. The summed E-state index contributed by atoms with van der Waals surface area (Å²) < 4.78 is 11.3. The van der Waals surface area contributed by atoms with Crippen molar-refractivity contribution in [2.45, 2.75) is 72.1 Å². The van der Waals surface area contributed by atoms with Gasteiger partial charge < -0.3 is 35.6 Å². The molecule has 3 aromatic carbocycles. The summed E-state index contributed by atoms with van der Waals surface area (Å²) in [6, 6.07) is 21.8. The van der Waals surface area contributed by atoms with Gasteiger partial charge >= 0.3 is 0 Å². The van der Waals surface area contributed by atoms with Crippen molar-refractivity contribution in [2.75, 3.05) is 69.8 Å². The summed E-state index contributed by atoms with van der Waals surface area (Å²) >= 11 is 0. The van der Waals surface area contributed by atoms with Gasteiger partial charge in [0.25, 0.3) is 11.8 Å². The molecule has 0 saturated carbocycles. The molecule has 0 aliphatic carbocycles. The van der Waals surface area contributed by atoms with Gasteiger partial charge in [-0.25, -0.2) is 4.98 Å². The van der Waals surface area contributed by atoms with Gasteiger partial charge in [-0.05, 0) is 106 Å². The Hall–Kier alpha value is -5.23. The number of benzene rings is 3. The van der Waals surface area contributed by atoms with Crippen LogP contribution in [0.2, 0.25) is 0 Å². The molecular formula is C47H61N7O4. The molecule has 4 aromatic rings. The predicted octanol–water partition coefficient (Wildman–Crippen LogP) is 7.06. The first-order valence-electron chi connectivity index (χ1n) is 21.0. The highest BCUT2D eigenvalue weighted by Crippen LogP contribution is 2.35. The molecule has 11 heteroatoms. The number of carbonyl (C=O) groups excluding carboxylic acids is 2. The molecule has 58 heavy (non-hydrogen) atoms. The van der Waals surface area contributed by atoms with Gasteiger partial charge in [-0.15, -0.1) is 0 Å². The first-order valence-corrected chi connectivity index (χ1v) is 21.0. The number of nitrogens with one attached hydrogen (secondary N) is 4. The number of methoxy groups -OCH3 is 1. The van der Waals surface area contributed by atoms with E-state index in [0.717, 1.165) is 110 Å². The van der Waals surface area contributed by atoms with Crippen molar-refractivity contribution < 1.29 is 19.1 Å². The van der Waals surface area contributed by atoms with E-state index in [-0.39, 0.29) is 30.9 Å². The fourth-order valence-corrected chi connectivity index (χ4v) is 7.94. The van der Waals surface area contributed by atoms with E-state index < -0.39 is 0 Å². The van der Waals surface area contributed by atoms with Crippen LogP contribution in [0, 0.1) is 0 Å². The number of hydrogen-bond donors (Lipinski definition) is 4. The summed E-state index contributed by atoms with van der Waals surface area (Å²) in [6.07, 6.45) is 5.51. The summed E-state index contributed by atoms with van der Waals surface area (Å²) in [6.45, 7) is 19.2. The smallest absolute Gasteiger partial charge is 0.251 e. The molecule has 6 rings (SSSR count). The zero-order valence-corrected chi connectivity index (χ0v) is 34.8. The van der Waals surface area contributed by atoms with Crippen LogP contribution in [-0.4, -0.2) is 87.3 Å². The van der Waals surface area contributed by atoms with Gasteiger partial charge in [0.15, 0.2) is 0 Å². The van der Waals surface area contributed by atoms with Crippen LogP contribution in [0.25, 0.3) is 17.2 Å². The van der Waals surface area contributed by atoms with Gasteiger partial charge in [-0.3, -0.25) is 14.5 Å². The van der Waals surface area contributed by atoms with Gasteiger partial charge in [-0.2, -0.15) is 0 Å². The van der Waals surface area contributed by atoms with Crippen molar-refractivity contribution in [1.82, 2.24) is 25.8 Å². The van der Waals surface area contributed by atoms with E-state index in [0.29, 0.717) is 36.5 Å². The maximum Gasteiger partial charge on any atom is 0.251 e. The van der Waals surface area contributed by atoms with Gasteiger partial charge in [0.1, 0.15) is 11.6 Å². The molecule has 2 saturated heterocycles. The van der Waals surface area contributed by atoms with Crippen molar-refractivity contribution in [3.05, 3.63) is 112 Å². The summed E-state index contributed by atoms with van der Waals surface area (Å²) in [5, 5.41) is 13.5. The minimum atomic E-state index is -0.279. The average molecular weight is 788 g/mol. The molecule has 308 valence electrons. The van der Waals surface area contributed by atoms with Crippen molar-refractivity contribution >= 4 is 29.4 Å². The number of carbonyl (C=O) groups is 2. The highest BCUT2D eigenvalue weighted by Gasteiger charge is 2.24. The van der Waals surface area contributed by atoms with E-state index in [1.54, 1.807) is 31.4 Å². The Balaban J connectivity index is 1.15. The van der Waals surface area contributed by atoms with Crippen LogP contribution >= 0.6 is 0 Å². The molecule has 0 unspecified atom stereocenters. The second-order valence-electron chi connectivity index (χ2n) is 15.0. The Labute approximate surface area is 344 Å². The van der Waals surface area contributed by atoms with E-state index >= 15 is 0 Å². The fraction of sp³-hybridized carbons (Fsp3) is 0.426. The van der Waals surface area contributed by atoms with E-state index in [1.807, 2.05) is 12.1 Å². The number of amides is 2. The lowest BCUT2D eigenvalue weighted by atomic mass is 10.00. The monoisotopic (exact) mass is 787 g/mol. The maximum absolute atomic E-state index is 13.8. The summed E-state index contributed by atoms with van der Waals surface area (Å²) in [7, 11) is 1.64. The number of anilines is 2. The third-order valence-electron chi connectivity index (χ3n) is 11.2. The van der Waals surface area contributed by atoms with E-state index in [2.05, 4.69) is 94.8 Å². The molecular weight excluding hydrogens is 727 g/mol. The Morgan fingerprint density at radius 1 is 0.931 bits per heavy atom. The molecule has 2 aliphatic rings. The van der Waals surface area contributed by atoms with Crippen LogP contribution in [0.1, 0.15) is 88.7 Å². The Kier molecular flexibility index (Phi) is 15.3. The Morgan fingerprint density at radius 3 is 2.36 bits per heavy atom. The van der Waals surface area contributed by atoms with Crippen LogP contribution in [0.5, 0.6) is 5.75 Å². The van der Waals surface area contributed by atoms with Crippen molar-refractivity contribution in [3.8, 4) is 16.9 Å². The van der Waals surface area contributed by atoms with Crippen LogP contribution in [-0.2, 0) is 30.8 Å². The SMILES string of the molecule is C=Cc1c(N(CC)CC)nc(CC)c(CNC(=O)c2cccc(C(=O)NCc3cc(-c4cccc(CN5CCCNCC5)c4)ccc3OC)c2)c1NC1CCOCC1. The number of aryl methyl sites for hydroxylation is 1. The zero-order chi connectivity index (χ0) is 40.9. The Bertz CT molecular complexity index is 2020. The number of aromatic nitrogens is 1.